The number of esters is 2. The van der Waals surface area contributed by atoms with Crippen LogP contribution in [0.25, 0.3) is 11.1 Å². The number of carbonyl (C=O) groups excluding carboxylic acids is 2. The third-order valence-corrected chi connectivity index (χ3v) is 5.51. The van der Waals surface area contributed by atoms with E-state index in [9.17, 15) is 19.2 Å². The molecule has 184 valence electrons. The Kier molecular flexibility index (Phi) is 8.55. The van der Waals surface area contributed by atoms with Crippen LogP contribution in [0.2, 0.25) is 0 Å². The Labute approximate surface area is 195 Å². The summed E-state index contributed by atoms with van der Waals surface area (Å²) in [4.78, 5) is 61.1. The van der Waals surface area contributed by atoms with E-state index < -0.39 is 35.0 Å². The molecule has 0 radical (unpaired) electrons. The number of oxime groups is 1. The van der Waals surface area contributed by atoms with Crippen molar-refractivity contribution in [2.75, 3.05) is 13.2 Å². The number of nitrogens with zero attached hydrogens (tertiary/aromatic N) is 2. The van der Waals surface area contributed by atoms with E-state index in [4.69, 9.17) is 18.7 Å². The highest BCUT2D eigenvalue weighted by atomic mass is 16.6. The van der Waals surface area contributed by atoms with Crippen molar-refractivity contribution in [3.63, 3.8) is 0 Å². The molecule has 0 amide bonds. The molecule has 11 nitrogen and oxygen atoms in total. The SMILES string of the molecule is CCCCc1cc(=O)oc2nc(O/N=C3\C[C@@H](C(=O)OCC)C[C@@H](C(=O)OCC)C3)[nH]c(=O)c12. The molecule has 2 aromatic heterocycles. The maximum atomic E-state index is 12.7. The van der Waals surface area contributed by atoms with Gasteiger partial charge in [-0.05, 0) is 38.7 Å². The first-order chi connectivity index (χ1) is 16.4. The zero-order valence-corrected chi connectivity index (χ0v) is 19.5. The van der Waals surface area contributed by atoms with Gasteiger partial charge in [-0.15, -0.1) is 0 Å². The molecule has 2 aromatic rings. The number of aromatic nitrogens is 2. The summed E-state index contributed by atoms with van der Waals surface area (Å²) in [6, 6.07) is 1.02. The van der Waals surface area contributed by atoms with Crippen molar-refractivity contribution in [1.29, 1.82) is 0 Å². The predicted molar refractivity (Wildman–Crippen MR) is 122 cm³/mol. The van der Waals surface area contributed by atoms with E-state index in [1.165, 1.54) is 6.07 Å². The summed E-state index contributed by atoms with van der Waals surface area (Å²) in [6.45, 7) is 5.85. The second-order valence-electron chi connectivity index (χ2n) is 8.04. The number of rotatable bonds is 9. The van der Waals surface area contributed by atoms with Gasteiger partial charge in [-0.25, -0.2) is 4.79 Å². The Morgan fingerprint density at radius 3 is 2.35 bits per heavy atom. The Balaban J connectivity index is 1.87. The molecule has 0 aliphatic heterocycles. The number of aromatic amines is 1. The highest BCUT2D eigenvalue weighted by Gasteiger charge is 2.36. The number of nitrogens with one attached hydrogen (secondary N) is 1. The van der Waals surface area contributed by atoms with E-state index in [0.29, 0.717) is 17.7 Å². The lowest BCUT2D eigenvalue weighted by Gasteiger charge is -2.27. The van der Waals surface area contributed by atoms with E-state index in [1.54, 1.807) is 13.8 Å². The van der Waals surface area contributed by atoms with Gasteiger partial charge in [0.25, 0.3) is 5.56 Å². The molecule has 1 N–H and O–H groups in total. The predicted octanol–water partition coefficient (Wildman–Crippen LogP) is 2.50. The molecule has 0 unspecified atom stereocenters. The molecule has 0 bridgehead atoms. The van der Waals surface area contributed by atoms with Crippen molar-refractivity contribution in [2.45, 2.75) is 59.3 Å². The Bertz CT molecular complexity index is 1150. The lowest BCUT2D eigenvalue weighted by molar-refractivity contribution is -0.152. The number of carbonyl (C=O) groups is 2. The molecule has 3 rings (SSSR count). The van der Waals surface area contributed by atoms with Crippen molar-refractivity contribution in [1.82, 2.24) is 9.97 Å². The van der Waals surface area contributed by atoms with Crippen LogP contribution in [0.3, 0.4) is 0 Å². The molecule has 1 fully saturated rings. The molecule has 1 aliphatic carbocycles. The maximum absolute atomic E-state index is 12.7. The fraction of sp³-hybridized carbons (Fsp3) is 0.565. The average molecular weight is 475 g/mol. The van der Waals surface area contributed by atoms with Crippen LogP contribution in [0.5, 0.6) is 6.01 Å². The topological polar surface area (TPSA) is 150 Å². The van der Waals surface area contributed by atoms with Gasteiger partial charge in [-0.3, -0.25) is 19.4 Å². The first kappa shape index (κ1) is 25.1. The van der Waals surface area contributed by atoms with E-state index in [2.05, 4.69) is 15.1 Å². The van der Waals surface area contributed by atoms with Gasteiger partial charge < -0.3 is 18.7 Å². The Morgan fingerprint density at radius 1 is 1.12 bits per heavy atom. The molecular weight excluding hydrogens is 446 g/mol. The van der Waals surface area contributed by atoms with Gasteiger partial charge in [0.05, 0.1) is 30.8 Å². The number of hydrogen-bond acceptors (Lipinski definition) is 10. The quantitative estimate of drug-likeness (QED) is 0.426. The van der Waals surface area contributed by atoms with Crippen molar-refractivity contribution in [2.24, 2.45) is 17.0 Å². The van der Waals surface area contributed by atoms with Gasteiger partial charge in [0.15, 0.2) is 0 Å². The summed E-state index contributed by atoms with van der Waals surface area (Å²) in [5.74, 6) is -2.01. The fourth-order valence-corrected chi connectivity index (χ4v) is 3.96. The van der Waals surface area contributed by atoms with Gasteiger partial charge in [-0.1, -0.05) is 18.5 Å². The first-order valence-electron chi connectivity index (χ1n) is 11.5. The number of unbranched alkanes of at least 4 members (excludes halogenated alkanes) is 1. The number of ether oxygens (including phenoxy) is 2. The Hall–Kier alpha value is -3.50. The van der Waals surface area contributed by atoms with Crippen molar-refractivity contribution < 1.29 is 28.3 Å². The molecule has 11 heteroatoms. The third kappa shape index (κ3) is 6.09. The number of fused-ring (bicyclic) bond motifs is 1. The van der Waals surface area contributed by atoms with Crippen molar-refractivity contribution in [3.05, 3.63) is 32.4 Å². The summed E-state index contributed by atoms with van der Waals surface area (Å²) >= 11 is 0. The highest BCUT2D eigenvalue weighted by molar-refractivity contribution is 5.93. The normalized spacial score (nSPS) is 19.2. The molecule has 0 saturated heterocycles. The molecule has 1 saturated carbocycles. The van der Waals surface area contributed by atoms with Crippen molar-refractivity contribution in [3.8, 4) is 6.01 Å². The van der Waals surface area contributed by atoms with Gasteiger partial charge in [-0.2, -0.15) is 4.98 Å². The second-order valence-corrected chi connectivity index (χ2v) is 8.04. The third-order valence-electron chi connectivity index (χ3n) is 5.51. The molecule has 0 aromatic carbocycles. The standard InChI is InChI=1S/C23H29N3O8/c1-4-7-8-13-12-17(27)33-20-18(13)19(28)24-23(25-20)34-26-16-10-14(21(29)31-5-2)9-15(11-16)22(30)32-6-3/h12,14-15H,4-11H2,1-3H3,(H,24,25,28)/b26-16-/t14-,15+/m1/s1. The number of H-pyrrole nitrogens is 1. The van der Waals surface area contributed by atoms with Crippen LogP contribution in [0.15, 0.2) is 25.2 Å². The number of aryl methyl sites for hydroxylation is 1. The van der Waals surface area contributed by atoms with E-state index in [0.717, 1.165) is 12.8 Å². The second kappa shape index (κ2) is 11.6. The zero-order chi connectivity index (χ0) is 24.7. The minimum atomic E-state index is -0.615. The summed E-state index contributed by atoms with van der Waals surface area (Å²) in [7, 11) is 0. The van der Waals surface area contributed by atoms with Crippen molar-refractivity contribution >= 4 is 28.8 Å². The lowest BCUT2D eigenvalue weighted by atomic mass is 9.80. The first-order valence-corrected chi connectivity index (χ1v) is 11.5. The van der Waals surface area contributed by atoms with Gasteiger partial charge in [0, 0.05) is 18.9 Å². The van der Waals surface area contributed by atoms with E-state index in [1.807, 2.05) is 6.92 Å². The van der Waals surface area contributed by atoms with Gasteiger partial charge >= 0.3 is 23.6 Å². The molecule has 0 spiro atoms. The van der Waals surface area contributed by atoms with Crippen LogP contribution in [0.4, 0.5) is 0 Å². The summed E-state index contributed by atoms with van der Waals surface area (Å²) < 4.78 is 15.3. The average Bonchev–Trinajstić information content (AvgIpc) is 2.80. The molecule has 2 heterocycles. The van der Waals surface area contributed by atoms with Crippen LogP contribution < -0.4 is 16.0 Å². The molecule has 34 heavy (non-hydrogen) atoms. The monoisotopic (exact) mass is 475 g/mol. The smallest absolute Gasteiger partial charge is 0.337 e. The van der Waals surface area contributed by atoms with Crippen LogP contribution in [0, 0.1) is 11.8 Å². The van der Waals surface area contributed by atoms with Gasteiger partial charge in [0.2, 0.25) is 5.71 Å². The largest absolute Gasteiger partial charge is 0.466 e. The summed E-state index contributed by atoms with van der Waals surface area (Å²) in [6.07, 6.45) is 2.97. The minimum absolute atomic E-state index is 0.144. The molecule has 1 aliphatic rings. The van der Waals surface area contributed by atoms with Crippen LogP contribution in [-0.2, 0) is 25.5 Å². The fourth-order valence-electron chi connectivity index (χ4n) is 3.96. The zero-order valence-electron chi connectivity index (χ0n) is 19.5. The molecular formula is C23H29N3O8. The Morgan fingerprint density at radius 2 is 1.76 bits per heavy atom. The van der Waals surface area contributed by atoms with E-state index in [-0.39, 0.29) is 49.6 Å². The van der Waals surface area contributed by atoms with E-state index >= 15 is 0 Å². The lowest BCUT2D eigenvalue weighted by Crippen LogP contribution is -2.34. The van der Waals surface area contributed by atoms with Crippen LogP contribution >= 0.6 is 0 Å². The van der Waals surface area contributed by atoms with Gasteiger partial charge in [0.1, 0.15) is 5.39 Å². The van der Waals surface area contributed by atoms with Crippen LogP contribution in [-0.4, -0.2) is 40.8 Å². The number of hydrogen-bond donors (Lipinski definition) is 1. The molecule has 2 atom stereocenters. The summed E-state index contributed by atoms with van der Waals surface area (Å²) in [5.41, 5.74) is -0.303. The minimum Gasteiger partial charge on any atom is -0.466 e. The maximum Gasteiger partial charge on any atom is 0.337 e. The highest BCUT2D eigenvalue weighted by Crippen LogP contribution is 2.30. The van der Waals surface area contributed by atoms with Crippen LogP contribution in [0.1, 0.15) is 58.4 Å². The summed E-state index contributed by atoms with van der Waals surface area (Å²) in [5, 5.41) is 4.22.